The second kappa shape index (κ2) is 7.10. The number of pyridine rings is 1. The maximum Gasteiger partial charge on any atom is 0.425 e. The lowest BCUT2D eigenvalue weighted by Crippen LogP contribution is -2.40. The second-order valence-corrected chi connectivity index (χ2v) is 7.71. The van der Waals surface area contributed by atoms with Crippen LogP contribution in [0.2, 0.25) is 0 Å². The van der Waals surface area contributed by atoms with Crippen LogP contribution in [0.4, 0.5) is 15.4 Å². The number of fused-ring (bicyclic) bond motifs is 1. The molecule has 3 heterocycles. The van der Waals surface area contributed by atoms with Crippen LogP contribution < -0.4 is 4.90 Å². The first kappa shape index (κ1) is 19.0. The Hall–Kier alpha value is -2.76. The van der Waals surface area contributed by atoms with Gasteiger partial charge in [0.15, 0.2) is 11.5 Å². The fourth-order valence-corrected chi connectivity index (χ4v) is 3.20. The quantitative estimate of drug-likeness (QED) is 0.554. The number of anilines is 1. The summed E-state index contributed by atoms with van der Waals surface area (Å²) in [7, 11) is 0. The number of hydrogen-bond donors (Lipinski definition) is 1. The summed E-state index contributed by atoms with van der Waals surface area (Å²) >= 11 is 2.05. The molecule has 0 fully saturated rings. The molecule has 27 heavy (non-hydrogen) atoms. The zero-order valence-electron chi connectivity index (χ0n) is 14.8. The van der Waals surface area contributed by atoms with Crippen LogP contribution in [0.5, 0.6) is 0 Å². The molecule has 0 aliphatic heterocycles. The van der Waals surface area contributed by atoms with Gasteiger partial charge >= 0.3 is 12.2 Å². The van der Waals surface area contributed by atoms with Crippen LogP contribution in [-0.4, -0.2) is 42.4 Å². The van der Waals surface area contributed by atoms with Gasteiger partial charge in [0.1, 0.15) is 11.9 Å². The van der Waals surface area contributed by atoms with Gasteiger partial charge in [0, 0.05) is 22.2 Å². The SMILES string of the molecule is CC(C)(C)OC(=O)N(C(=O)O)c1ncnc2c1c(I)cn2-c1ccncc1. The van der Waals surface area contributed by atoms with Crippen LogP contribution in [-0.2, 0) is 4.74 Å². The van der Waals surface area contributed by atoms with Crippen molar-refractivity contribution < 1.29 is 19.4 Å². The molecule has 140 valence electrons. The Morgan fingerprint density at radius 3 is 2.48 bits per heavy atom. The molecule has 10 heteroatoms. The first-order valence-electron chi connectivity index (χ1n) is 7.87. The van der Waals surface area contributed by atoms with Crippen molar-refractivity contribution in [3.05, 3.63) is 40.6 Å². The van der Waals surface area contributed by atoms with Gasteiger partial charge < -0.3 is 9.84 Å². The van der Waals surface area contributed by atoms with Gasteiger partial charge in [0.25, 0.3) is 0 Å². The highest BCUT2D eigenvalue weighted by atomic mass is 127. The van der Waals surface area contributed by atoms with E-state index in [4.69, 9.17) is 4.74 Å². The molecule has 0 spiro atoms. The molecule has 2 amide bonds. The molecule has 3 aromatic rings. The van der Waals surface area contributed by atoms with Crippen molar-refractivity contribution in [2.75, 3.05) is 4.90 Å². The molecule has 0 aliphatic rings. The van der Waals surface area contributed by atoms with Crippen LogP contribution in [0.1, 0.15) is 20.8 Å². The van der Waals surface area contributed by atoms with Crippen molar-refractivity contribution in [2.45, 2.75) is 26.4 Å². The number of amides is 2. The summed E-state index contributed by atoms with van der Waals surface area (Å²) in [5, 5.41) is 10.0. The van der Waals surface area contributed by atoms with E-state index in [2.05, 4.69) is 37.5 Å². The van der Waals surface area contributed by atoms with Gasteiger partial charge in [-0.2, -0.15) is 4.90 Å². The Morgan fingerprint density at radius 2 is 1.89 bits per heavy atom. The third-order valence-corrected chi connectivity index (χ3v) is 4.25. The zero-order chi connectivity index (χ0) is 19.8. The largest absolute Gasteiger partial charge is 0.464 e. The minimum Gasteiger partial charge on any atom is -0.464 e. The van der Waals surface area contributed by atoms with E-state index in [1.807, 2.05) is 0 Å². The fourth-order valence-electron chi connectivity index (χ4n) is 2.44. The topological polar surface area (TPSA) is 110 Å². The minimum atomic E-state index is -1.49. The molecule has 0 radical (unpaired) electrons. The average molecular weight is 481 g/mol. The average Bonchev–Trinajstić information content (AvgIpc) is 2.92. The standard InChI is InChI=1S/C17H16IN5O4/c1-17(2,3)27-16(26)23(15(24)25)14-12-11(18)8-22(13(12)20-9-21-14)10-4-6-19-7-5-10/h4-9H,1-3H3,(H,24,25). The molecular formula is C17H16IN5O4. The molecule has 3 aromatic heterocycles. The number of carbonyl (C=O) groups excluding carboxylic acids is 1. The molecule has 0 saturated heterocycles. The Kier molecular flexibility index (Phi) is 5.00. The van der Waals surface area contributed by atoms with Gasteiger partial charge in [-0.1, -0.05) is 0 Å². The third kappa shape index (κ3) is 3.84. The van der Waals surface area contributed by atoms with Gasteiger partial charge in [-0.25, -0.2) is 19.6 Å². The van der Waals surface area contributed by atoms with Crippen molar-refractivity contribution in [1.82, 2.24) is 19.5 Å². The lowest BCUT2D eigenvalue weighted by atomic mass is 10.2. The highest BCUT2D eigenvalue weighted by Gasteiger charge is 2.32. The summed E-state index contributed by atoms with van der Waals surface area (Å²) in [6.07, 6.45) is 3.76. The first-order valence-corrected chi connectivity index (χ1v) is 8.95. The summed E-state index contributed by atoms with van der Waals surface area (Å²) in [4.78, 5) is 37.1. The van der Waals surface area contributed by atoms with E-state index in [0.717, 1.165) is 5.69 Å². The maximum atomic E-state index is 12.5. The predicted octanol–water partition coefficient (Wildman–Crippen LogP) is 3.84. The first-order chi connectivity index (χ1) is 12.7. The molecule has 0 aromatic carbocycles. The number of nitrogens with zero attached hydrogens (tertiary/aromatic N) is 5. The molecule has 0 unspecified atom stereocenters. The molecular weight excluding hydrogens is 465 g/mol. The number of imide groups is 1. The summed E-state index contributed by atoms with van der Waals surface area (Å²) in [6.45, 7) is 4.97. The van der Waals surface area contributed by atoms with E-state index in [-0.39, 0.29) is 5.82 Å². The number of rotatable bonds is 2. The van der Waals surface area contributed by atoms with Crippen molar-refractivity contribution >= 4 is 51.6 Å². The number of aromatic nitrogens is 4. The molecule has 0 saturated carbocycles. The van der Waals surface area contributed by atoms with E-state index < -0.39 is 17.8 Å². The highest BCUT2D eigenvalue weighted by Crippen LogP contribution is 2.32. The molecule has 0 bridgehead atoms. The van der Waals surface area contributed by atoms with E-state index in [1.165, 1.54) is 6.33 Å². The third-order valence-electron chi connectivity index (χ3n) is 3.44. The van der Waals surface area contributed by atoms with Crippen molar-refractivity contribution in [3.63, 3.8) is 0 Å². The van der Waals surface area contributed by atoms with Crippen LogP contribution in [0, 0.1) is 3.57 Å². The smallest absolute Gasteiger partial charge is 0.425 e. The van der Waals surface area contributed by atoms with E-state index in [0.29, 0.717) is 19.5 Å². The lowest BCUT2D eigenvalue weighted by Gasteiger charge is -2.24. The van der Waals surface area contributed by atoms with Gasteiger partial charge in [-0.3, -0.25) is 9.55 Å². The normalized spacial score (nSPS) is 11.4. The van der Waals surface area contributed by atoms with Gasteiger partial charge in [0.05, 0.1) is 11.1 Å². The number of carbonyl (C=O) groups is 2. The summed E-state index contributed by atoms with van der Waals surface area (Å²) < 4.78 is 7.69. The van der Waals surface area contributed by atoms with E-state index in [9.17, 15) is 14.7 Å². The summed E-state index contributed by atoms with van der Waals surface area (Å²) in [5.74, 6) is -0.0565. The highest BCUT2D eigenvalue weighted by molar-refractivity contribution is 14.1. The van der Waals surface area contributed by atoms with Crippen molar-refractivity contribution in [1.29, 1.82) is 0 Å². The lowest BCUT2D eigenvalue weighted by molar-refractivity contribution is 0.0581. The Bertz CT molecular complexity index is 1010. The molecule has 0 aliphatic carbocycles. The van der Waals surface area contributed by atoms with Crippen molar-refractivity contribution in [3.8, 4) is 5.69 Å². The van der Waals surface area contributed by atoms with Crippen LogP contribution in [0.3, 0.4) is 0 Å². The maximum absolute atomic E-state index is 12.5. The van der Waals surface area contributed by atoms with Gasteiger partial charge in [-0.05, 0) is 55.5 Å². The number of ether oxygens (including phenoxy) is 1. The van der Waals surface area contributed by atoms with E-state index >= 15 is 0 Å². The number of hydrogen-bond acceptors (Lipinski definition) is 6. The molecule has 0 atom stereocenters. The molecule has 9 nitrogen and oxygen atoms in total. The van der Waals surface area contributed by atoms with Gasteiger partial charge in [-0.15, -0.1) is 0 Å². The number of carboxylic acid groups (broad SMARTS) is 1. The minimum absolute atomic E-state index is 0.0565. The zero-order valence-corrected chi connectivity index (χ0v) is 16.9. The Balaban J connectivity index is 2.18. The Morgan fingerprint density at radius 1 is 1.22 bits per heavy atom. The Labute approximate surface area is 168 Å². The fraction of sp³-hybridized carbons (Fsp3) is 0.235. The number of halogens is 1. The summed E-state index contributed by atoms with van der Waals surface area (Å²) in [6, 6.07) is 3.58. The second-order valence-electron chi connectivity index (χ2n) is 6.55. The monoisotopic (exact) mass is 481 g/mol. The van der Waals surface area contributed by atoms with E-state index in [1.54, 1.807) is 56.1 Å². The molecule has 3 rings (SSSR count). The van der Waals surface area contributed by atoms with Crippen molar-refractivity contribution in [2.24, 2.45) is 0 Å². The van der Waals surface area contributed by atoms with Gasteiger partial charge in [0.2, 0.25) is 0 Å². The van der Waals surface area contributed by atoms with Crippen LogP contribution >= 0.6 is 22.6 Å². The summed E-state index contributed by atoms with van der Waals surface area (Å²) in [5.41, 5.74) is 0.402. The van der Waals surface area contributed by atoms with Crippen LogP contribution in [0.25, 0.3) is 16.7 Å². The van der Waals surface area contributed by atoms with Crippen LogP contribution in [0.15, 0.2) is 37.1 Å². The molecule has 1 N–H and O–H groups in total. The predicted molar refractivity (Wildman–Crippen MR) is 106 cm³/mol.